The van der Waals surface area contributed by atoms with Crippen molar-refractivity contribution in [2.24, 2.45) is 5.92 Å². The smallest absolute Gasteiger partial charge is 0.217 e. The highest BCUT2D eigenvalue weighted by Crippen LogP contribution is 2.38. The predicted molar refractivity (Wildman–Crippen MR) is 116 cm³/mol. The summed E-state index contributed by atoms with van der Waals surface area (Å²) in [6.45, 7) is 7.67. The lowest BCUT2D eigenvalue weighted by atomic mass is 9.88. The van der Waals surface area contributed by atoms with Crippen LogP contribution in [-0.4, -0.2) is 24.0 Å². The van der Waals surface area contributed by atoms with E-state index in [0.717, 1.165) is 41.2 Å². The summed E-state index contributed by atoms with van der Waals surface area (Å²) in [4.78, 5) is 13.4. The van der Waals surface area contributed by atoms with Crippen LogP contribution in [0.1, 0.15) is 61.9 Å². The number of carbonyl (C=O) groups excluding carboxylic acids is 1. The summed E-state index contributed by atoms with van der Waals surface area (Å²) in [7, 11) is 0. The molecular weight excluding hydrogens is 379 g/mol. The van der Waals surface area contributed by atoms with Crippen LogP contribution in [0.2, 0.25) is 0 Å². The van der Waals surface area contributed by atoms with Crippen LogP contribution in [-0.2, 0) is 23.6 Å². The number of benzene rings is 2. The number of amides is 1. The lowest BCUT2D eigenvalue weighted by Crippen LogP contribution is -2.40. The molecule has 1 heterocycles. The van der Waals surface area contributed by atoms with Gasteiger partial charge >= 0.3 is 0 Å². The number of nitrogens with zero attached hydrogens (tertiary/aromatic N) is 1. The number of ether oxygens (including phenoxy) is 1. The molecule has 160 valence electrons. The molecule has 1 unspecified atom stereocenters. The second-order valence-electron chi connectivity index (χ2n) is 9.08. The standard InChI is InChI=1S/C25H31FN2O2/c1-17(27-18(2)29)21-8-6-19(7-9-21)13-28-14-22-10-11-23(30-15-20-4-5-20)12-24(22)25(3,26)16-28/h6-12,17,20H,4-5,13-16H2,1-3H3,(H,27,29)/t17-,25?/m0/s1. The summed E-state index contributed by atoms with van der Waals surface area (Å²) in [6.07, 6.45) is 2.49. The van der Waals surface area contributed by atoms with Crippen LogP contribution in [0.25, 0.3) is 0 Å². The number of alkyl halides is 1. The third-order valence-corrected chi connectivity index (χ3v) is 6.05. The third-order valence-electron chi connectivity index (χ3n) is 6.05. The molecule has 2 aromatic rings. The molecule has 1 N–H and O–H groups in total. The molecule has 4 rings (SSSR count). The second-order valence-corrected chi connectivity index (χ2v) is 9.08. The van der Waals surface area contributed by atoms with Crippen LogP contribution in [0.5, 0.6) is 5.75 Å². The second kappa shape index (κ2) is 8.38. The summed E-state index contributed by atoms with van der Waals surface area (Å²) in [5.41, 5.74) is 2.57. The molecule has 30 heavy (non-hydrogen) atoms. The van der Waals surface area contributed by atoms with E-state index in [1.165, 1.54) is 19.8 Å². The molecule has 1 saturated carbocycles. The van der Waals surface area contributed by atoms with Gasteiger partial charge in [-0.15, -0.1) is 0 Å². The quantitative estimate of drug-likeness (QED) is 0.708. The van der Waals surface area contributed by atoms with E-state index in [9.17, 15) is 4.79 Å². The Morgan fingerprint density at radius 2 is 2.00 bits per heavy atom. The van der Waals surface area contributed by atoms with Gasteiger partial charge in [-0.3, -0.25) is 9.69 Å². The number of rotatable bonds is 7. The van der Waals surface area contributed by atoms with Gasteiger partial charge in [0.1, 0.15) is 11.4 Å². The third kappa shape index (κ3) is 5.01. The van der Waals surface area contributed by atoms with E-state index in [4.69, 9.17) is 4.74 Å². The number of fused-ring (bicyclic) bond motifs is 1. The maximum atomic E-state index is 15.6. The van der Waals surface area contributed by atoms with Crippen LogP contribution in [0.15, 0.2) is 42.5 Å². The van der Waals surface area contributed by atoms with Crippen molar-refractivity contribution in [2.45, 2.75) is 58.4 Å². The lowest BCUT2D eigenvalue weighted by Gasteiger charge is -2.37. The molecule has 2 atom stereocenters. The highest BCUT2D eigenvalue weighted by atomic mass is 19.1. The maximum Gasteiger partial charge on any atom is 0.217 e. The van der Waals surface area contributed by atoms with E-state index in [1.54, 1.807) is 6.92 Å². The minimum Gasteiger partial charge on any atom is -0.493 e. The van der Waals surface area contributed by atoms with E-state index in [-0.39, 0.29) is 11.9 Å². The Balaban J connectivity index is 1.42. The minimum absolute atomic E-state index is 0.0242. The number of nitrogens with one attached hydrogen (secondary N) is 1. The zero-order valence-corrected chi connectivity index (χ0v) is 18.1. The molecule has 1 fully saturated rings. The first-order valence-electron chi connectivity index (χ1n) is 10.8. The lowest BCUT2D eigenvalue weighted by molar-refractivity contribution is -0.119. The van der Waals surface area contributed by atoms with Crippen molar-refractivity contribution in [1.82, 2.24) is 10.2 Å². The van der Waals surface area contributed by atoms with Gasteiger partial charge in [0.15, 0.2) is 0 Å². The Kier molecular flexibility index (Phi) is 5.83. The Labute approximate surface area is 178 Å². The van der Waals surface area contributed by atoms with Crippen molar-refractivity contribution >= 4 is 5.91 Å². The average Bonchev–Trinajstić information content (AvgIpc) is 3.51. The van der Waals surface area contributed by atoms with Crippen LogP contribution in [0.4, 0.5) is 4.39 Å². The monoisotopic (exact) mass is 410 g/mol. The molecule has 2 aromatic carbocycles. The Morgan fingerprint density at radius 3 is 2.67 bits per heavy atom. The molecule has 0 bridgehead atoms. The SMILES string of the molecule is CC(=O)N[C@@H](C)c1ccc(CN2Cc3ccc(OCC4CC4)cc3C(C)(F)C2)cc1. The molecule has 2 aliphatic rings. The Hall–Kier alpha value is -2.40. The van der Waals surface area contributed by atoms with Gasteiger partial charge in [-0.25, -0.2) is 4.39 Å². The molecule has 0 spiro atoms. The van der Waals surface area contributed by atoms with Crippen molar-refractivity contribution in [1.29, 1.82) is 0 Å². The predicted octanol–water partition coefficient (Wildman–Crippen LogP) is 4.87. The van der Waals surface area contributed by atoms with Crippen molar-refractivity contribution < 1.29 is 13.9 Å². The molecule has 4 nitrogen and oxygen atoms in total. The zero-order chi connectivity index (χ0) is 21.3. The van der Waals surface area contributed by atoms with Crippen molar-refractivity contribution in [3.05, 3.63) is 64.7 Å². The van der Waals surface area contributed by atoms with Crippen LogP contribution in [0.3, 0.4) is 0 Å². The van der Waals surface area contributed by atoms with Crippen LogP contribution in [0, 0.1) is 5.92 Å². The van der Waals surface area contributed by atoms with Gasteiger partial charge in [0.2, 0.25) is 5.91 Å². The van der Waals surface area contributed by atoms with E-state index in [1.807, 2.05) is 37.3 Å². The summed E-state index contributed by atoms with van der Waals surface area (Å²) in [5.74, 6) is 1.42. The highest BCUT2D eigenvalue weighted by Gasteiger charge is 2.36. The first-order chi connectivity index (χ1) is 14.3. The summed E-state index contributed by atoms with van der Waals surface area (Å²) < 4.78 is 21.4. The van der Waals surface area contributed by atoms with Crippen LogP contribution >= 0.6 is 0 Å². The average molecular weight is 411 g/mol. The van der Waals surface area contributed by atoms with Crippen molar-refractivity contribution in [2.75, 3.05) is 13.2 Å². The number of carbonyl (C=O) groups is 1. The van der Waals surface area contributed by atoms with Crippen LogP contribution < -0.4 is 10.1 Å². The molecule has 5 heteroatoms. The number of halogens is 1. The summed E-state index contributed by atoms with van der Waals surface area (Å²) >= 11 is 0. The van der Waals surface area contributed by atoms with Gasteiger partial charge in [-0.05, 0) is 67.0 Å². The van der Waals surface area contributed by atoms with Gasteiger partial charge in [0.05, 0.1) is 12.6 Å². The summed E-state index contributed by atoms with van der Waals surface area (Å²) in [5, 5.41) is 2.90. The molecule has 0 radical (unpaired) electrons. The Morgan fingerprint density at radius 1 is 1.27 bits per heavy atom. The van der Waals surface area contributed by atoms with E-state index in [0.29, 0.717) is 19.0 Å². The van der Waals surface area contributed by atoms with E-state index in [2.05, 4.69) is 22.3 Å². The fourth-order valence-corrected chi connectivity index (χ4v) is 4.24. The minimum atomic E-state index is -1.41. The van der Waals surface area contributed by atoms with Gasteiger partial charge in [0.25, 0.3) is 0 Å². The fourth-order valence-electron chi connectivity index (χ4n) is 4.24. The first kappa shape index (κ1) is 20.9. The topological polar surface area (TPSA) is 41.6 Å². The number of hydrogen-bond acceptors (Lipinski definition) is 3. The molecule has 0 saturated heterocycles. The maximum absolute atomic E-state index is 15.6. The highest BCUT2D eigenvalue weighted by molar-refractivity contribution is 5.73. The Bertz CT molecular complexity index is 906. The summed E-state index contributed by atoms with van der Waals surface area (Å²) in [6, 6.07) is 14.1. The van der Waals surface area contributed by atoms with E-state index >= 15 is 4.39 Å². The largest absolute Gasteiger partial charge is 0.493 e. The number of hydrogen-bond donors (Lipinski definition) is 1. The van der Waals surface area contributed by atoms with Gasteiger partial charge in [-0.2, -0.15) is 0 Å². The van der Waals surface area contributed by atoms with Gasteiger partial charge in [-0.1, -0.05) is 30.3 Å². The van der Waals surface area contributed by atoms with Crippen molar-refractivity contribution in [3.8, 4) is 5.75 Å². The van der Waals surface area contributed by atoms with Gasteiger partial charge < -0.3 is 10.1 Å². The fraction of sp³-hybridized carbons (Fsp3) is 0.480. The molecule has 0 aromatic heterocycles. The molecular formula is C25H31FN2O2. The van der Waals surface area contributed by atoms with Crippen molar-refractivity contribution in [3.63, 3.8) is 0 Å². The molecule has 1 aliphatic carbocycles. The van der Waals surface area contributed by atoms with E-state index < -0.39 is 5.67 Å². The molecule has 1 aliphatic heterocycles. The first-order valence-corrected chi connectivity index (χ1v) is 10.8. The zero-order valence-electron chi connectivity index (χ0n) is 18.1. The normalized spacial score (nSPS) is 22.3. The van der Waals surface area contributed by atoms with Gasteiger partial charge in [0, 0.05) is 26.6 Å². The molecule has 1 amide bonds.